The van der Waals surface area contributed by atoms with E-state index < -0.39 is 0 Å². The van der Waals surface area contributed by atoms with Gasteiger partial charge in [0.1, 0.15) is 0 Å². The van der Waals surface area contributed by atoms with E-state index in [1.807, 2.05) is 11.3 Å². The van der Waals surface area contributed by atoms with Crippen LogP contribution in [0.25, 0.3) is 6.08 Å². The smallest absolute Gasteiger partial charge is 0.257 e. The van der Waals surface area contributed by atoms with E-state index in [0.717, 1.165) is 23.6 Å². The number of hydrogen-bond donors (Lipinski definition) is 1. The molecule has 1 aliphatic carbocycles. The fourth-order valence-electron chi connectivity index (χ4n) is 2.69. The second kappa shape index (κ2) is 5.71. The zero-order chi connectivity index (χ0) is 13.2. The van der Waals surface area contributed by atoms with E-state index in [-0.39, 0.29) is 5.91 Å². The van der Waals surface area contributed by atoms with Crippen LogP contribution >= 0.6 is 23.1 Å². The van der Waals surface area contributed by atoms with Crippen LogP contribution in [0.4, 0.5) is 0 Å². The quantitative estimate of drug-likeness (QED) is 0.920. The van der Waals surface area contributed by atoms with E-state index in [1.54, 1.807) is 22.2 Å². The Morgan fingerprint density at radius 1 is 1.32 bits per heavy atom. The molecule has 0 atom stereocenters. The molecule has 19 heavy (non-hydrogen) atoms. The Labute approximate surface area is 122 Å². The Morgan fingerprint density at radius 2 is 2.16 bits per heavy atom. The van der Waals surface area contributed by atoms with Gasteiger partial charge in [0.15, 0.2) is 0 Å². The van der Waals surface area contributed by atoms with E-state index in [0.29, 0.717) is 0 Å². The highest BCUT2D eigenvalue weighted by Gasteiger charge is 2.24. The summed E-state index contributed by atoms with van der Waals surface area (Å²) in [5.74, 6) is 1.08. The molecule has 0 saturated carbocycles. The van der Waals surface area contributed by atoms with E-state index in [2.05, 4.69) is 18.3 Å². The summed E-state index contributed by atoms with van der Waals surface area (Å²) in [4.78, 5) is 15.8. The summed E-state index contributed by atoms with van der Waals surface area (Å²) in [6, 6.07) is 0. The van der Waals surface area contributed by atoms with E-state index in [1.165, 1.54) is 36.1 Å². The second-order valence-electron chi connectivity index (χ2n) is 5.11. The first-order chi connectivity index (χ1) is 9.29. The standard InChI is InChI=1S/C15H19NOS2/c1-2-7-16-15(17)14-8-13-11(9-18-14)10-5-3-4-6-12(10)19-13/h8H,2-7,9H2,1H3,(H,16,17). The molecular weight excluding hydrogens is 274 g/mol. The summed E-state index contributed by atoms with van der Waals surface area (Å²) in [7, 11) is 0. The molecule has 2 nitrogen and oxygen atoms in total. The Kier molecular flexibility index (Phi) is 3.99. The molecule has 2 aliphatic rings. The normalized spacial score (nSPS) is 17.4. The highest BCUT2D eigenvalue weighted by atomic mass is 32.2. The number of thioether (sulfide) groups is 1. The van der Waals surface area contributed by atoms with Crippen molar-refractivity contribution in [3.8, 4) is 0 Å². The van der Waals surface area contributed by atoms with Gasteiger partial charge in [0, 0.05) is 22.1 Å². The molecule has 2 heterocycles. The zero-order valence-electron chi connectivity index (χ0n) is 11.3. The van der Waals surface area contributed by atoms with Gasteiger partial charge >= 0.3 is 0 Å². The molecule has 4 heteroatoms. The third-order valence-electron chi connectivity index (χ3n) is 3.71. The minimum absolute atomic E-state index is 0.101. The van der Waals surface area contributed by atoms with Gasteiger partial charge in [0.2, 0.25) is 0 Å². The van der Waals surface area contributed by atoms with Crippen LogP contribution in [0.15, 0.2) is 4.91 Å². The molecule has 1 aromatic rings. The Bertz CT molecular complexity index is 530. The van der Waals surface area contributed by atoms with Crippen LogP contribution < -0.4 is 5.32 Å². The molecule has 0 fully saturated rings. The monoisotopic (exact) mass is 293 g/mol. The first kappa shape index (κ1) is 13.3. The molecule has 102 valence electrons. The van der Waals surface area contributed by atoms with E-state index >= 15 is 0 Å². The number of aryl methyl sites for hydroxylation is 1. The van der Waals surface area contributed by atoms with Crippen molar-refractivity contribution in [2.75, 3.05) is 6.54 Å². The van der Waals surface area contributed by atoms with Crippen LogP contribution in [0, 0.1) is 0 Å². The molecule has 0 bridgehead atoms. The van der Waals surface area contributed by atoms with Gasteiger partial charge in [-0.15, -0.1) is 23.1 Å². The van der Waals surface area contributed by atoms with Gasteiger partial charge in [-0.2, -0.15) is 0 Å². The Morgan fingerprint density at radius 3 is 3.00 bits per heavy atom. The van der Waals surface area contributed by atoms with Gasteiger partial charge in [0.25, 0.3) is 5.91 Å². The van der Waals surface area contributed by atoms with Crippen LogP contribution in [-0.4, -0.2) is 12.5 Å². The number of carbonyl (C=O) groups excluding carboxylic acids is 1. The van der Waals surface area contributed by atoms with Crippen molar-refractivity contribution in [2.45, 2.75) is 44.8 Å². The highest BCUT2D eigenvalue weighted by molar-refractivity contribution is 8.03. The summed E-state index contributed by atoms with van der Waals surface area (Å²) in [6.45, 7) is 2.85. The van der Waals surface area contributed by atoms with Gasteiger partial charge in [-0.05, 0) is 49.3 Å². The highest BCUT2D eigenvalue weighted by Crippen LogP contribution is 2.42. The van der Waals surface area contributed by atoms with Crippen LogP contribution in [0.1, 0.15) is 47.1 Å². The SMILES string of the molecule is CCCNC(=O)C1=Cc2sc3c(c2CS1)CCCC3. The molecule has 0 saturated heterocycles. The van der Waals surface area contributed by atoms with Crippen molar-refractivity contribution in [1.29, 1.82) is 0 Å². The van der Waals surface area contributed by atoms with Crippen LogP contribution in [0.3, 0.4) is 0 Å². The predicted molar refractivity (Wildman–Crippen MR) is 83.5 cm³/mol. The van der Waals surface area contributed by atoms with Gasteiger partial charge in [-0.1, -0.05) is 6.92 Å². The minimum atomic E-state index is 0.101. The first-order valence-corrected chi connectivity index (χ1v) is 8.86. The summed E-state index contributed by atoms with van der Waals surface area (Å²) in [6.07, 6.45) is 8.23. The van der Waals surface area contributed by atoms with Crippen molar-refractivity contribution in [2.24, 2.45) is 0 Å². The number of fused-ring (bicyclic) bond motifs is 3. The number of thiophene rings is 1. The molecule has 1 amide bonds. The molecule has 0 spiro atoms. The number of hydrogen-bond acceptors (Lipinski definition) is 3. The molecule has 1 aromatic heterocycles. The lowest BCUT2D eigenvalue weighted by molar-refractivity contribution is -0.116. The van der Waals surface area contributed by atoms with Gasteiger partial charge in [-0.25, -0.2) is 0 Å². The molecule has 0 radical (unpaired) electrons. The van der Waals surface area contributed by atoms with Gasteiger partial charge in [0.05, 0.1) is 4.91 Å². The summed E-state index contributed by atoms with van der Waals surface area (Å²) < 4.78 is 0. The lowest BCUT2D eigenvalue weighted by Crippen LogP contribution is -2.25. The van der Waals surface area contributed by atoms with Crippen molar-refractivity contribution < 1.29 is 4.79 Å². The lowest BCUT2D eigenvalue weighted by atomic mass is 9.95. The Balaban J connectivity index is 1.84. The molecular formula is C15H19NOS2. The average Bonchev–Trinajstić information content (AvgIpc) is 2.82. The van der Waals surface area contributed by atoms with E-state index in [9.17, 15) is 4.79 Å². The first-order valence-electron chi connectivity index (χ1n) is 7.05. The predicted octanol–water partition coefficient (Wildman–Crippen LogP) is 3.74. The van der Waals surface area contributed by atoms with Crippen molar-refractivity contribution in [3.63, 3.8) is 0 Å². The van der Waals surface area contributed by atoms with Crippen molar-refractivity contribution >= 4 is 35.1 Å². The topological polar surface area (TPSA) is 29.1 Å². The number of carbonyl (C=O) groups is 1. The van der Waals surface area contributed by atoms with Gasteiger partial charge in [-0.3, -0.25) is 4.79 Å². The summed E-state index contributed by atoms with van der Waals surface area (Å²) in [5.41, 5.74) is 3.11. The van der Waals surface area contributed by atoms with Gasteiger partial charge < -0.3 is 5.32 Å². The molecule has 1 N–H and O–H groups in total. The fourth-order valence-corrected chi connectivity index (χ4v) is 5.25. The third-order valence-corrected chi connectivity index (χ3v) is 6.03. The maximum Gasteiger partial charge on any atom is 0.257 e. The molecule has 1 aliphatic heterocycles. The average molecular weight is 293 g/mol. The summed E-state index contributed by atoms with van der Waals surface area (Å²) in [5, 5.41) is 2.97. The van der Waals surface area contributed by atoms with Crippen molar-refractivity contribution in [1.82, 2.24) is 5.32 Å². The second-order valence-corrected chi connectivity index (χ2v) is 7.26. The third kappa shape index (κ3) is 2.61. The van der Waals surface area contributed by atoms with Crippen molar-refractivity contribution in [3.05, 3.63) is 25.8 Å². The molecule has 0 aromatic carbocycles. The Hall–Kier alpha value is -0.740. The maximum atomic E-state index is 12.0. The van der Waals surface area contributed by atoms with Crippen LogP contribution in [0.2, 0.25) is 0 Å². The van der Waals surface area contributed by atoms with E-state index in [4.69, 9.17) is 0 Å². The largest absolute Gasteiger partial charge is 0.352 e. The number of nitrogens with one attached hydrogen (secondary N) is 1. The minimum Gasteiger partial charge on any atom is -0.352 e. The molecule has 0 unspecified atom stereocenters. The number of rotatable bonds is 3. The number of amides is 1. The van der Waals surface area contributed by atoms with Crippen LogP contribution in [-0.2, 0) is 23.4 Å². The molecule has 3 rings (SSSR count). The fraction of sp³-hybridized carbons (Fsp3) is 0.533. The summed E-state index contributed by atoms with van der Waals surface area (Å²) >= 11 is 3.61. The lowest BCUT2D eigenvalue weighted by Gasteiger charge is -2.16. The maximum absolute atomic E-state index is 12.0. The van der Waals surface area contributed by atoms with Crippen LogP contribution in [0.5, 0.6) is 0 Å². The zero-order valence-corrected chi connectivity index (χ0v) is 12.9.